The number of ketones is 2. The van der Waals surface area contributed by atoms with Gasteiger partial charge in [-0.3, -0.25) is 9.59 Å². The molecule has 2 aromatic rings. The second-order valence-corrected chi connectivity index (χ2v) is 9.70. The van der Waals surface area contributed by atoms with Gasteiger partial charge in [0.15, 0.2) is 17.3 Å². The van der Waals surface area contributed by atoms with Crippen molar-refractivity contribution >= 4 is 11.6 Å². The third-order valence-corrected chi connectivity index (χ3v) is 7.10. The molecular formula is C23H28N2O5. The highest BCUT2D eigenvalue weighted by atomic mass is 16.4. The van der Waals surface area contributed by atoms with Crippen LogP contribution in [0.25, 0.3) is 0 Å². The lowest BCUT2D eigenvalue weighted by Gasteiger charge is -2.53. The number of hydrogen-bond acceptors (Lipinski definition) is 7. The van der Waals surface area contributed by atoms with Gasteiger partial charge in [-0.25, -0.2) is 0 Å². The van der Waals surface area contributed by atoms with Crippen LogP contribution in [-0.4, -0.2) is 32.0 Å². The molecule has 0 saturated heterocycles. The first-order chi connectivity index (χ1) is 14.0. The van der Waals surface area contributed by atoms with Gasteiger partial charge in [-0.15, -0.1) is 10.2 Å². The molecule has 0 spiro atoms. The largest absolute Gasteiger partial charge is 0.504 e. The highest BCUT2D eigenvalue weighted by molar-refractivity contribution is 6.01. The van der Waals surface area contributed by atoms with E-state index in [9.17, 15) is 19.8 Å². The summed E-state index contributed by atoms with van der Waals surface area (Å²) in [5.41, 5.74) is 0.0961. The molecule has 30 heavy (non-hydrogen) atoms. The molecule has 7 heteroatoms. The smallest absolute Gasteiger partial charge is 0.283 e. The maximum Gasteiger partial charge on any atom is 0.283 e. The second kappa shape index (κ2) is 6.65. The number of hydrogen-bond donors (Lipinski definition) is 2. The summed E-state index contributed by atoms with van der Waals surface area (Å²) in [7, 11) is 0. The van der Waals surface area contributed by atoms with Crippen molar-refractivity contribution in [2.24, 2.45) is 11.3 Å². The number of phenolic OH excluding ortho intramolecular Hbond substituents is 2. The Hall–Kier alpha value is -2.70. The van der Waals surface area contributed by atoms with E-state index < -0.39 is 5.41 Å². The number of carbonyl (C=O) groups excluding carboxylic acids is 2. The second-order valence-electron chi connectivity index (χ2n) is 9.70. The molecule has 0 radical (unpaired) electrons. The predicted molar refractivity (Wildman–Crippen MR) is 109 cm³/mol. The maximum absolute atomic E-state index is 13.2. The molecule has 1 saturated carbocycles. The third-order valence-electron chi connectivity index (χ3n) is 7.10. The van der Waals surface area contributed by atoms with E-state index in [2.05, 4.69) is 24.0 Å². The van der Waals surface area contributed by atoms with Crippen molar-refractivity contribution in [3.63, 3.8) is 0 Å². The Labute approximate surface area is 175 Å². The van der Waals surface area contributed by atoms with Crippen LogP contribution in [0.3, 0.4) is 0 Å². The van der Waals surface area contributed by atoms with E-state index in [4.69, 9.17) is 4.42 Å². The topological polar surface area (TPSA) is 114 Å². The van der Waals surface area contributed by atoms with Crippen molar-refractivity contribution < 1.29 is 24.2 Å². The Morgan fingerprint density at radius 3 is 2.50 bits per heavy atom. The van der Waals surface area contributed by atoms with Crippen molar-refractivity contribution in [1.29, 1.82) is 0 Å². The Morgan fingerprint density at radius 2 is 1.90 bits per heavy atom. The standard InChI is InChI=1S/C23H28N2O5/c1-11(2)13-9-14-15(27)10-16-22(4,5)7-6-8-23(16,17(14)19(29)18(13)28)21-25-24-20(30-21)12(3)26/h9,11,16,28-29H,6-8,10H2,1-5H3/t16-,23+/m0/s1. The van der Waals surface area contributed by atoms with Crippen molar-refractivity contribution in [3.05, 3.63) is 34.5 Å². The Morgan fingerprint density at radius 1 is 1.20 bits per heavy atom. The number of rotatable bonds is 3. The van der Waals surface area contributed by atoms with Crippen molar-refractivity contribution in [1.82, 2.24) is 10.2 Å². The van der Waals surface area contributed by atoms with Gasteiger partial charge in [0, 0.05) is 30.0 Å². The van der Waals surface area contributed by atoms with Gasteiger partial charge >= 0.3 is 0 Å². The van der Waals surface area contributed by atoms with Crippen LogP contribution in [0, 0.1) is 11.3 Å². The lowest BCUT2D eigenvalue weighted by Crippen LogP contribution is -2.52. The van der Waals surface area contributed by atoms with Gasteiger partial charge < -0.3 is 14.6 Å². The fraction of sp³-hybridized carbons (Fsp3) is 0.565. The van der Waals surface area contributed by atoms with Crippen molar-refractivity contribution in [2.45, 2.75) is 71.6 Å². The Kier molecular flexibility index (Phi) is 4.56. The molecule has 2 aliphatic carbocycles. The third kappa shape index (κ3) is 2.71. The van der Waals surface area contributed by atoms with Gasteiger partial charge in [0.05, 0.1) is 5.41 Å². The minimum atomic E-state index is -0.942. The lowest BCUT2D eigenvalue weighted by atomic mass is 9.49. The van der Waals surface area contributed by atoms with Gasteiger partial charge in [0.1, 0.15) is 0 Å². The molecule has 1 aromatic heterocycles. The number of benzene rings is 1. The molecule has 1 heterocycles. The van der Waals surface area contributed by atoms with Crippen LogP contribution in [0.15, 0.2) is 10.5 Å². The molecule has 0 aliphatic heterocycles. The summed E-state index contributed by atoms with van der Waals surface area (Å²) in [6.07, 6.45) is 2.59. The summed E-state index contributed by atoms with van der Waals surface area (Å²) in [4.78, 5) is 25.1. The highest BCUT2D eigenvalue weighted by Crippen LogP contribution is 2.62. The minimum Gasteiger partial charge on any atom is -0.504 e. The van der Waals surface area contributed by atoms with Gasteiger partial charge in [0.2, 0.25) is 11.7 Å². The number of carbonyl (C=O) groups is 2. The molecule has 2 aliphatic rings. The predicted octanol–water partition coefficient (Wildman–Crippen LogP) is 4.51. The number of Topliss-reactive ketones (excluding diaryl/α,β-unsaturated/α-hetero) is 2. The number of aromatic hydroxyl groups is 2. The van der Waals surface area contributed by atoms with Crippen molar-refractivity contribution in [3.8, 4) is 11.5 Å². The number of nitrogens with zero attached hydrogens (tertiary/aromatic N) is 2. The summed E-state index contributed by atoms with van der Waals surface area (Å²) < 4.78 is 5.83. The van der Waals surface area contributed by atoms with Crippen LogP contribution in [0.4, 0.5) is 0 Å². The first-order valence-electron chi connectivity index (χ1n) is 10.5. The number of aromatic nitrogens is 2. The van der Waals surface area contributed by atoms with Crippen LogP contribution >= 0.6 is 0 Å². The highest BCUT2D eigenvalue weighted by Gasteiger charge is 2.60. The van der Waals surface area contributed by atoms with E-state index in [0.29, 0.717) is 23.1 Å². The molecule has 2 N–H and O–H groups in total. The summed E-state index contributed by atoms with van der Waals surface area (Å²) in [6.45, 7) is 9.35. The molecule has 0 unspecified atom stereocenters. The van der Waals surface area contributed by atoms with Crippen LogP contribution in [0.5, 0.6) is 11.5 Å². The fourth-order valence-electron chi connectivity index (χ4n) is 5.58. The summed E-state index contributed by atoms with van der Waals surface area (Å²) in [5, 5.41) is 30.1. The molecule has 0 bridgehead atoms. The molecular weight excluding hydrogens is 384 g/mol. The van der Waals surface area contributed by atoms with E-state index in [1.807, 2.05) is 13.8 Å². The average Bonchev–Trinajstić information content (AvgIpc) is 3.16. The SMILES string of the molecule is CC(=O)c1nnc([C@]23CCCC(C)(C)[C@@H]2CC(=O)c2cc(C(C)C)c(O)c(O)c23)o1. The summed E-state index contributed by atoms with van der Waals surface area (Å²) >= 11 is 0. The summed E-state index contributed by atoms with van der Waals surface area (Å²) in [5.74, 6) is -1.07. The first kappa shape index (κ1) is 20.6. The van der Waals surface area contributed by atoms with E-state index in [0.717, 1.165) is 12.8 Å². The van der Waals surface area contributed by atoms with Crippen LogP contribution in [0.2, 0.25) is 0 Å². The van der Waals surface area contributed by atoms with E-state index in [-0.39, 0.29) is 58.5 Å². The number of phenols is 2. The van der Waals surface area contributed by atoms with E-state index in [1.54, 1.807) is 6.07 Å². The fourth-order valence-corrected chi connectivity index (χ4v) is 5.58. The van der Waals surface area contributed by atoms with Gasteiger partial charge in [-0.2, -0.15) is 0 Å². The number of fused-ring (bicyclic) bond motifs is 3. The van der Waals surface area contributed by atoms with Crippen molar-refractivity contribution in [2.75, 3.05) is 0 Å². The molecule has 4 rings (SSSR count). The average molecular weight is 412 g/mol. The first-order valence-corrected chi connectivity index (χ1v) is 10.5. The van der Waals surface area contributed by atoms with E-state index >= 15 is 0 Å². The minimum absolute atomic E-state index is 0.0656. The molecule has 1 aromatic carbocycles. The molecule has 2 atom stereocenters. The van der Waals surface area contributed by atoms with Gasteiger partial charge in [-0.05, 0) is 36.2 Å². The maximum atomic E-state index is 13.2. The monoisotopic (exact) mass is 412 g/mol. The molecule has 1 fully saturated rings. The Bertz CT molecular complexity index is 1050. The zero-order valence-electron chi connectivity index (χ0n) is 18.1. The quantitative estimate of drug-likeness (QED) is 0.563. The van der Waals surface area contributed by atoms with Crippen LogP contribution in [-0.2, 0) is 5.41 Å². The van der Waals surface area contributed by atoms with Gasteiger partial charge in [-0.1, -0.05) is 34.1 Å². The van der Waals surface area contributed by atoms with Gasteiger partial charge in [0.25, 0.3) is 5.89 Å². The normalized spacial score (nSPS) is 25.1. The molecule has 7 nitrogen and oxygen atoms in total. The molecule has 0 amide bonds. The Balaban J connectivity index is 2.08. The summed E-state index contributed by atoms with van der Waals surface area (Å²) in [6, 6.07) is 1.69. The zero-order chi connectivity index (χ0) is 22.0. The van der Waals surface area contributed by atoms with E-state index in [1.165, 1.54) is 6.92 Å². The lowest BCUT2D eigenvalue weighted by molar-refractivity contribution is 0.0329. The zero-order valence-corrected chi connectivity index (χ0v) is 18.1. The van der Waals surface area contributed by atoms with Crippen LogP contribution < -0.4 is 0 Å². The van der Waals surface area contributed by atoms with Crippen LogP contribution in [0.1, 0.15) is 104 Å². The molecule has 160 valence electrons.